The molecule has 1 aromatic rings. The minimum absolute atomic E-state index is 0.0108. The molecular formula is C13H18ClNO4S2. The maximum absolute atomic E-state index is 12.7. The number of benzene rings is 1. The van der Waals surface area contributed by atoms with Gasteiger partial charge in [-0.05, 0) is 37.5 Å². The van der Waals surface area contributed by atoms with Gasteiger partial charge < -0.3 is 5.73 Å². The van der Waals surface area contributed by atoms with Gasteiger partial charge in [0.2, 0.25) is 0 Å². The molecule has 1 fully saturated rings. The molecule has 0 radical (unpaired) electrons. The third-order valence-corrected chi connectivity index (χ3v) is 8.22. The second-order valence-electron chi connectivity index (χ2n) is 5.48. The summed E-state index contributed by atoms with van der Waals surface area (Å²) in [6.45, 7) is 0. The Bertz CT molecular complexity index is 743. The van der Waals surface area contributed by atoms with Crippen molar-refractivity contribution in [2.45, 2.75) is 41.1 Å². The van der Waals surface area contributed by atoms with Crippen LogP contribution in [0.4, 0.5) is 5.69 Å². The van der Waals surface area contributed by atoms with Crippen LogP contribution in [0.5, 0.6) is 0 Å². The first-order valence-corrected chi connectivity index (χ1v) is 10.5. The molecule has 0 aliphatic heterocycles. The summed E-state index contributed by atoms with van der Waals surface area (Å²) < 4.78 is 48.7. The van der Waals surface area contributed by atoms with E-state index in [1.165, 1.54) is 18.2 Å². The van der Waals surface area contributed by atoms with Crippen molar-refractivity contribution >= 4 is 37.0 Å². The number of anilines is 1. The Labute approximate surface area is 130 Å². The van der Waals surface area contributed by atoms with E-state index in [0.29, 0.717) is 24.9 Å². The lowest BCUT2D eigenvalue weighted by Gasteiger charge is -2.28. The zero-order valence-corrected chi connectivity index (χ0v) is 14.0. The number of rotatable bonds is 3. The van der Waals surface area contributed by atoms with Gasteiger partial charge in [-0.2, -0.15) is 0 Å². The highest BCUT2D eigenvalue weighted by Gasteiger charge is 2.37. The van der Waals surface area contributed by atoms with Crippen molar-refractivity contribution in [2.24, 2.45) is 0 Å². The maximum Gasteiger partial charge on any atom is 0.182 e. The molecule has 0 bridgehead atoms. The molecule has 2 unspecified atom stereocenters. The highest BCUT2D eigenvalue weighted by atomic mass is 35.5. The number of hydrogen-bond donors (Lipinski definition) is 1. The molecule has 5 nitrogen and oxygen atoms in total. The average Bonchev–Trinajstić information content (AvgIpc) is 2.40. The third kappa shape index (κ3) is 3.52. The Morgan fingerprint density at radius 1 is 1.14 bits per heavy atom. The van der Waals surface area contributed by atoms with Gasteiger partial charge in [0.05, 0.1) is 20.4 Å². The van der Waals surface area contributed by atoms with Crippen molar-refractivity contribution in [3.63, 3.8) is 0 Å². The monoisotopic (exact) mass is 351 g/mol. The van der Waals surface area contributed by atoms with Crippen LogP contribution in [0, 0.1) is 0 Å². The second-order valence-corrected chi connectivity index (χ2v) is 10.4. The Hall–Kier alpha value is -0.790. The first-order chi connectivity index (χ1) is 9.62. The molecule has 1 aromatic carbocycles. The molecule has 2 atom stereocenters. The molecular weight excluding hydrogens is 334 g/mol. The van der Waals surface area contributed by atoms with E-state index >= 15 is 0 Å². The maximum atomic E-state index is 12.7. The summed E-state index contributed by atoms with van der Waals surface area (Å²) in [6.07, 6.45) is 2.79. The van der Waals surface area contributed by atoms with Gasteiger partial charge in [0.15, 0.2) is 9.84 Å². The third-order valence-electron chi connectivity index (χ3n) is 3.88. The molecule has 0 heterocycles. The molecule has 118 valence electrons. The zero-order valence-electron chi connectivity index (χ0n) is 11.6. The molecule has 0 aromatic heterocycles. The highest BCUT2D eigenvalue weighted by molar-refractivity contribution is 7.92. The van der Waals surface area contributed by atoms with E-state index in [1.807, 2.05) is 0 Å². The molecule has 8 heteroatoms. The molecule has 2 rings (SSSR count). The summed E-state index contributed by atoms with van der Waals surface area (Å²) in [7, 11) is -6.93. The topological polar surface area (TPSA) is 94.3 Å². The van der Waals surface area contributed by atoms with Gasteiger partial charge in [-0.25, -0.2) is 16.8 Å². The largest absolute Gasteiger partial charge is 0.399 e. The molecule has 1 saturated carbocycles. The normalized spacial score (nSPS) is 23.9. The van der Waals surface area contributed by atoms with E-state index in [2.05, 4.69) is 0 Å². The first-order valence-electron chi connectivity index (χ1n) is 6.60. The first kappa shape index (κ1) is 16.6. The fourth-order valence-corrected chi connectivity index (χ4v) is 6.39. The van der Waals surface area contributed by atoms with Crippen LogP contribution in [0.15, 0.2) is 23.1 Å². The molecule has 21 heavy (non-hydrogen) atoms. The number of halogens is 1. The summed E-state index contributed by atoms with van der Waals surface area (Å²) in [4.78, 5) is -0.0108. The van der Waals surface area contributed by atoms with Crippen molar-refractivity contribution in [3.8, 4) is 0 Å². The lowest BCUT2D eigenvalue weighted by atomic mass is 10.00. The van der Waals surface area contributed by atoms with Gasteiger partial charge in [0.25, 0.3) is 0 Å². The molecule has 1 aliphatic rings. The smallest absolute Gasteiger partial charge is 0.182 e. The Morgan fingerprint density at radius 3 is 2.38 bits per heavy atom. The molecule has 0 saturated heterocycles. The van der Waals surface area contributed by atoms with Crippen molar-refractivity contribution in [2.75, 3.05) is 12.0 Å². The van der Waals surface area contributed by atoms with E-state index in [-0.39, 0.29) is 16.3 Å². The van der Waals surface area contributed by atoms with Gasteiger partial charge in [-0.15, -0.1) is 0 Å². The zero-order chi connectivity index (χ0) is 15.8. The summed E-state index contributed by atoms with van der Waals surface area (Å²) in [5, 5.41) is -1.22. The van der Waals surface area contributed by atoms with Gasteiger partial charge in [-0.1, -0.05) is 18.0 Å². The van der Waals surface area contributed by atoms with Crippen LogP contribution in [-0.4, -0.2) is 33.6 Å². The van der Waals surface area contributed by atoms with Crippen molar-refractivity contribution in [3.05, 3.63) is 23.2 Å². The lowest BCUT2D eigenvalue weighted by Crippen LogP contribution is -2.34. The number of nitrogen functional groups attached to an aromatic ring is 1. The van der Waals surface area contributed by atoms with Gasteiger partial charge in [0.1, 0.15) is 9.84 Å². The average molecular weight is 352 g/mol. The van der Waals surface area contributed by atoms with Gasteiger partial charge >= 0.3 is 0 Å². The Kier molecular flexibility index (Phi) is 4.56. The van der Waals surface area contributed by atoms with E-state index in [1.54, 1.807) is 0 Å². The van der Waals surface area contributed by atoms with Crippen LogP contribution in [0.2, 0.25) is 5.02 Å². The molecule has 0 amide bonds. The predicted octanol–water partition coefficient (Wildman–Crippen LogP) is 2.05. The standard InChI is InChI=1S/C13H18ClNO4S2/c1-20(16,17)10-3-2-4-11(8-10)21(18,19)13-7-9(15)5-6-12(13)14/h5-7,10-11H,2-4,8,15H2,1H3. The van der Waals surface area contributed by atoms with Crippen LogP contribution in [0.1, 0.15) is 25.7 Å². The summed E-state index contributed by atoms with van der Waals surface area (Å²) in [6, 6.07) is 4.31. The minimum atomic E-state index is -3.68. The van der Waals surface area contributed by atoms with Crippen LogP contribution in [0.3, 0.4) is 0 Å². The van der Waals surface area contributed by atoms with E-state index in [9.17, 15) is 16.8 Å². The Balaban J connectivity index is 2.38. The van der Waals surface area contributed by atoms with Crippen LogP contribution in [0.25, 0.3) is 0 Å². The number of sulfone groups is 2. The second kappa shape index (κ2) is 5.78. The minimum Gasteiger partial charge on any atom is -0.399 e. The van der Waals surface area contributed by atoms with Crippen molar-refractivity contribution in [1.29, 1.82) is 0 Å². The van der Waals surface area contributed by atoms with Gasteiger partial charge in [-0.3, -0.25) is 0 Å². The van der Waals surface area contributed by atoms with Crippen LogP contribution >= 0.6 is 11.6 Å². The molecule has 2 N–H and O–H groups in total. The molecule has 1 aliphatic carbocycles. The van der Waals surface area contributed by atoms with Crippen LogP contribution < -0.4 is 5.73 Å². The lowest BCUT2D eigenvalue weighted by molar-refractivity contribution is 0.473. The van der Waals surface area contributed by atoms with Crippen molar-refractivity contribution in [1.82, 2.24) is 0 Å². The quantitative estimate of drug-likeness (QED) is 0.841. The van der Waals surface area contributed by atoms with Crippen LogP contribution in [-0.2, 0) is 19.7 Å². The summed E-state index contributed by atoms with van der Waals surface area (Å²) >= 11 is 5.97. The summed E-state index contributed by atoms with van der Waals surface area (Å²) in [5.41, 5.74) is 5.94. The van der Waals surface area contributed by atoms with E-state index < -0.39 is 30.2 Å². The fourth-order valence-electron chi connectivity index (χ4n) is 2.69. The SMILES string of the molecule is CS(=O)(=O)C1CCCC(S(=O)(=O)c2cc(N)ccc2Cl)C1. The number of nitrogens with two attached hydrogens (primary N) is 1. The van der Waals surface area contributed by atoms with Gasteiger partial charge in [0, 0.05) is 11.9 Å². The van der Waals surface area contributed by atoms with E-state index in [0.717, 1.165) is 6.26 Å². The van der Waals surface area contributed by atoms with Crippen molar-refractivity contribution < 1.29 is 16.8 Å². The Morgan fingerprint density at radius 2 is 1.76 bits per heavy atom. The number of hydrogen-bond acceptors (Lipinski definition) is 5. The highest BCUT2D eigenvalue weighted by Crippen LogP contribution is 2.34. The van der Waals surface area contributed by atoms with E-state index in [4.69, 9.17) is 17.3 Å². The molecule has 0 spiro atoms. The fraction of sp³-hybridized carbons (Fsp3) is 0.538. The summed E-state index contributed by atoms with van der Waals surface area (Å²) in [5.74, 6) is 0. The predicted molar refractivity (Wildman–Crippen MR) is 83.9 cm³/mol.